The predicted molar refractivity (Wildman–Crippen MR) is 154 cm³/mol. The van der Waals surface area contributed by atoms with E-state index < -0.39 is 12.0 Å². The minimum Gasteiger partial charge on any atom is -0.343 e. The van der Waals surface area contributed by atoms with E-state index in [9.17, 15) is 9.59 Å². The standard InChI is InChI=1S/C32H34N4O2/c1-5-20-36-23(4)27(26-18-12-13-19-28(26)36)21-33-35-32(38)30(22(2)3)34-31(37)29(24-14-8-6-9-15-24)25-16-10-7-11-17-25/h5-19,21-22,29-30H,1,20H2,2-4H3,(H,34,37)(H,35,38)/b33-21-/t30-/m0/s1. The average Bonchev–Trinajstić information content (AvgIpc) is 3.19. The van der Waals surface area contributed by atoms with Gasteiger partial charge in [0, 0.05) is 28.7 Å². The summed E-state index contributed by atoms with van der Waals surface area (Å²) in [6.07, 6.45) is 3.53. The van der Waals surface area contributed by atoms with Crippen LogP contribution < -0.4 is 10.7 Å². The van der Waals surface area contributed by atoms with Gasteiger partial charge >= 0.3 is 0 Å². The lowest BCUT2D eigenvalue weighted by Gasteiger charge is -2.24. The topological polar surface area (TPSA) is 75.5 Å². The number of hydrogen-bond acceptors (Lipinski definition) is 3. The number of hydrazone groups is 1. The maximum absolute atomic E-state index is 13.6. The Balaban J connectivity index is 1.54. The molecule has 6 nitrogen and oxygen atoms in total. The summed E-state index contributed by atoms with van der Waals surface area (Å²) >= 11 is 0. The van der Waals surface area contributed by atoms with Crippen molar-refractivity contribution in [2.24, 2.45) is 11.0 Å². The molecule has 0 aliphatic heterocycles. The minimum atomic E-state index is -0.752. The fraction of sp³-hybridized carbons (Fsp3) is 0.219. The lowest BCUT2D eigenvalue weighted by Crippen LogP contribution is -2.50. The highest BCUT2D eigenvalue weighted by Gasteiger charge is 2.29. The number of carbonyl (C=O) groups excluding carboxylic acids is 2. The fourth-order valence-electron chi connectivity index (χ4n) is 4.77. The van der Waals surface area contributed by atoms with Gasteiger partial charge in [-0.3, -0.25) is 9.59 Å². The SMILES string of the molecule is C=CCn1c(C)c(/C=N\NC(=O)[C@@H](NC(=O)C(c2ccccc2)c2ccccc2)C(C)C)c2ccccc21. The van der Waals surface area contributed by atoms with Gasteiger partial charge in [0.05, 0.1) is 12.1 Å². The first kappa shape index (κ1) is 26.6. The molecule has 4 rings (SSSR count). The van der Waals surface area contributed by atoms with Gasteiger partial charge in [-0.25, -0.2) is 5.43 Å². The quantitative estimate of drug-likeness (QED) is 0.168. The lowest BCUT2D eigenvalue weighted by molar-refractivity contribution is -0.130. The zero-order chi connectivity index (χ0) is 27.1. The molecule has 0 radical (unpaired) electrons. The second-order valence-corrected chi connectivity index (χ2v) is 9.63. The molecule has 0 aliphatic carbocycles. The summed E-state index contributed by atoms with van der Waals surface area (Å²) in [6.45, 7) is 10.4. The van der Waals surface area contributed by atoms with Crippen LogP contribution in [0.2, 0.25) is 0 Å². The molecular formula is C32H34N4O2. The predicted octanol–water partition coefficient (Wildman–Crippen LogP) is 5.56. The zero-order valence-corrected chi connectivity index (χ0v) is 22.1. The summed E-state index contributed by atoms with van der Waals surface area (Å²) in [7, 11) is 0. The zero-order valence-electron chi connectivity index (χ0n) is 22.1. The number of rotatable bonds is 10. The molecule has 38 heavy (non-hydrogen) atoms. The van der Waals surface area contributed by atoms with Gasteiger partial charge in [0.1, 0.15) is 6.04 Å². The van der Waals surface area contributed by atoms with Crippen molar-refractivity contribution >= 4 is 28.9 Å². The number of nitrogens with zero attached hydrogens (tertiary/aromatic N) is 2. The van der Waals surface area contributed by atoms with Crippen LogP contribution in [0.15, 0.2) is 103 Å². The Bertz CT molecular complexity index is 1400. The molecule has 194 valence electrons. The van der Waals surface area contributed by atoms with Gasteiger partial charge in [0.15, 0.2) is 0 Å². The normalized spacial score (nSPS) is 12.2. The smallest absolute Gasteiger partial charge is 0.262 e. The summed E-state index contributed by atoms with van der Waals surface area (Å²) in [5, 5.41) is 8.31. The number of benzene rings is 3. The monoisotopic (exact) mass is 506 g/mol. The molecule has 0 spiro atoms. The number of hydrogen-bond donors (Lipinski definition) is 2. The largest absolute Gasteiger partial charge is 0.343 e. The number of allylic oxidation sites excluding steroid dienone is 1. The third-order valence-electron chi connectivity index (χ3n) is 6.73. The number of aromatic nitrogens is 1. The molecule has 2 N–H and O–H groups in total. The van der Waals surface area contributed by atoms with Crippen LogP contribution in [0.5, 0.6) is 0 Å². The van der Waals surface area contributed by atoms with Gasteiger partial charge in [-0.05, 0) is 30.0 Å². The molecule has 2 amide bonds. The van der Waals surface area contributed by atoms with E-state index in [0.717, 1.165) is 33.3 Å². The van der Waals surface area contributed by atoms with Crippen molar-refractivity contribution in [3.63, 3.8) is 0 Å². The molecule has 0 saturated heterocycles. The first-order valence-electron chi connectivity index (χ1n) is 12.8. The number of fused-ring (bicyclic) bond motifs is 1. The van der Waals surface area contributed by atoms with Crippen LogP contribution in [0, 0.1) is 12.8 Å². The minimum absolute atomic E-state index is 0.141. The van der Waals surface area contributed by atoms with Gasteiger partial charge in [0.2, 0.25) is 5.91 Å². The van der Waals surface area contributed by atoms with Crippen molar-refractivity contribution in [2.75, 3.05) is 0 Å². The van der Waals surface area contributed by atoms with E-state index in [2.05, 4.69) is 33.1 Å². The van der Waals surface area contributed by atoms with Gasteiger partial charge < -0.3 is 9.88 Å². The van der Waals surface area contributed by atoms with Crippen LogP contribution in [0.3, 0.4) is 0 Å². The summed E-state index contributed by atoms with van der Waals surface area (Å²) in [4.78, 5) is 26.8. The summed E-state index contributed by atoms with van der Waals surface area (Å²) < 4.78 is 2.16. The maximum Gasteiger partial charge on any atom is 0.262 e. The van der Waals surface area contributed by atoms with E-state index in [1.54, 1.807) is 6.21 Å². The van der Waals surface area contributed by atoms with E-state index in [1.165, 1.54) is 0 Å². The van der Waals surface area contributed by atoms with Crippen molar-refractivity contribution in [2.45, 2.75) is 39.3 Å². The molecule has 1 heterocycles. The Morgan fingerprint density at radius 2 is 1.47 bits per heavy atom. The summed E-state index contributed by atoms with van der Waals surface area (Å²) in [5.74, 6) is -1.27. The van der Waals surface area contributed by atoms with Crippen LogP contribution in [0.25, 0.3) is 10.9 Å². The van der Waals surface area contributed by atoms with E-state index in [-0.39, 0.29) is 17.7 Å². The number of amides is 2. The lowest BCUT2D eigenvalue weighted by atomic mass is 9.89. The van der Waals surface area contributed by atoms with Crippen LogP contribution in [-0.2, 0) is 16.1 Å². The Morgan fingerprint density at radius 1 is 0.895 bits per heavy atom. The Labute approximate surface area is 224 Å². The van der Waals surface area contributed by atoms with Gasteiger partial charge in [-0.15, -0.1) is 6.58 Å². The molecule has 0 bridgehead atoms. The number of carbonyl (C=O) groups is 2. The highest BCUT2D eigenvalue weighted by atomic mass is 16.2. The Hall–Kier alpha value is -4.45. The average molecular weight is 507 g/mol. The van der Waals surface area contributed by atoms with Crippen LogP contribution in [-0.4, -0.2) is 28.6 Å². The van der Waals surface area contributed by atoms with E-state index >= 15 is 0 Å². The Morgan fingerprint density at radius 3 is 2.05 bits per heavy atom. The van der Waals surface area contributed by atoms with E-state index in [0.29, 0.717) is 6.54 Å². The van der Waals surface area contributed by atoms with E-state index in [4.69, 9.17) is 0 Å². The Kier molecular flexibility index (Phi) is 8.54. The van der Waals surface area contributed by atoms with Crippen molar-refractivity contribution < 1.29 is 9.59 Å². The number of para-hydroxylation sites is 1. The third kappa shape index (κ3) is 5.75. The van der Waals surface area contributed by atoms with Crippen LogP contribution in [0.4, 0.5) is 0 Å². The highest BCUT2D eigenvalue weighted by molar-refractivity contribution is 6.01. The third-order valence-corrected chi connectivity index (χ3v) is 6.73. The molecule has 1 aromatic heterocycles. The molecule has 0 fully saturated rings. The van der Waals surface area contributed by atoms with Crippen molar-refractivity contribution in [1.82, 2.24) is 15.3 Å². The van der Waals surface area contributed by atoms with Crippen LogP contribution in [0.1, 0.15) is 42.1 Å². The highest BCUT2D eigenvalue weighted by Crippen LogP contribution is 2.26. The van der Waals surface area contributed by atoms with Gasteiger partial charge in [-0.1, -0.05) is 98.8 Å². The first-order valence-corrected chi connectivity index (χ1v) is 12.8. The molecule has 0 unspecified atom stereocenters. The van der Waals surface area contributed by atoms with E-state index in [1.807, 2.05) is 106 Å². The molecule has 1 atom stereocenters. The van der Waals surface area contributed by atoms with Gasteiger partial charge in [-0.2, -0.15) is 5.10 Å². The number of nitrogens with one attached hydrogen (secondary N) is 2. The maximum atomic E-state index is 13.6. The van der Waals surface area contributed by atoms with Crippen molar-refractivity contribution in [3.05, 3.63) is 120 Å². The molecule has 0 saturated carbocycles. The summed E-state index contributed by atoms with van der Waals surface area (Å²) in [5.41, 5.74) is 7.43. The molecule has 4 aromatic rings. The van der Waals surface area contributed by atoms with Crippen LogP contribution >= 0.6 is 0 Å². The second kappa shape index (κ2) is 12.2. The van der Waals surface area contributed by atoms with Gasteiger partial charge in [0.25, 0.3) is 5.91 Å². The van der Waals surface area contributed by atoms with Crippen molar-refractivity contribution in [3.8, 4) is 0 Å². The summed E-state index contributed by atoms with van der Waals surface area (Å²) in [6, 6.07) is 26.5. The molecule has 6 heteroatoms. The molecular weight excluding hydrogens is 472 g/mol. The molecule has 3 aromatic carbocycles. The fourth-order valence-corrected chi connectivity index (χ4v) is 4.77. The first-order chi connectivity index (χ1) is 18.4. The van der Waals surface area contributed by atoms with Crippen molar-refractivity contribution in [1.29, 1.82) is 0 Å². The molecule has 0 aliphatic rings. The second-order valence-electron chi connectivity index (χ2n) is 9.63.